The van der Waals surface area contributed by atoms with E-state index in [-0.39, 0.29) is 24.0 Å². The first-order valence-corrected chi connectivity index (χ1v) is 10.9. The van der Waals surface area contributed by atoms with E-state index in [0.717, 1.165) is 10.6 Å². The van der Waals surface area contributed by atoms with E-state index >= 15 is 0 Å². The third-order valence-corrected chi connectivity index (χ3v) is 6.80. The van der Waals surface area contributed by atoms with Crippen LogP contribution in [-0.2, 0) is 20.0 Å². The maximum atomic E-state index is 12.1. The van der Waals surface area contributed by atoms with E-state index in [1.165, 1.54) is 42.7 Å². The van der Waals surface area contributed by atoms with Crippen molar-refractivity contribution in [3.05, 3.63) is 29.8 Å². The van der Waals surface area contributed by atoms with Crippen LogP contribution < -0.4 is 5.32 Å². The minimum atomic E-state index is -3.55. The Morgan fingerprint density at radius 3 is 2.00 bits per heavy atom. The van der Waals surface area contributed by atoms with Gasteiger partial charge in [0.2, 0.25) is 20.0 Å². The standard InChI is InChI=1S/C15H25N3O5S2/c1-12(2)18(24(5,20)21)11-10-16-15(19)13-6-8-14(9-7-13)25(22,23)17(3)4/h6-9,12H,10-11H2,1-5H3,(H,16,19). The van der Waals surface area contributed by atoms with Crippen molar-refractivity contribution < 1.29 is 21.6 Å². The number of hydrogen-bond donors (Lipinski definition) is 1. The lowest BCUT2D eigenvalue weighted by Crippen LogP contribution is -2.41. The zero-order chi connectivity index (χ0) is 19.4. The van der Waals surface area contributed by atoms with E-state index in [4.69, 9.17) is 0 Å². The summed E-state index contributed by atoms with van der Waals surface area (Å²) in [6.07, 6.45) is 1.12. The third kappa shape index (κ3) is 5.77. The van der Waals surface area contributed by atoms with Crippen LogP contribution in [-0.4, -0.2) is 70.8 Å². The quantitative estimate of drug-likeness (QED) is 0.688. The number of carbonyl (C=O) groups excluding carboxylic acids is 1. The molecule has 1 N–H and O–H groups in total. The predicted octanol–water partition coefficient (Wildman–Crippen LogP) is 0.337. The van der Waals surface area contributed by atoms with Crippen molar-refractivity contribution >= 4 is 26.0 Å². The highest BCUT2D eigenvalue weighted by atomic mass is 32.2. The smallest absolute Gasteiger partial charge is 0.251 e. The summed E-state index contributed by atoms with van der Waals surface area (Å²) in [5.74, 6) is -0.397. The van der Waals surface area contributed by atoms with Crippen LogP contribution in [0.3, 0.4) is 0 Å². The van der Waals surface area contributed by atoms with Gasteiger partial charge in [0.15, 0.2) is 0 Å². The summed E-state index contributed by atoms with van der Waals surface area (Å²) >= 11 is 0. The topological polar surface area (TPSA) is 104 Å². The SMILES string of the molecule is CC(C)N(CCNC(=O)c1ccc(S(=O)(=O)N(C)C)cc1)S(C)(=O)=O. The molecule has 8 nitrogen and oxygen atoms in total. The molecule has 25 heavy (non-hydrogen) atoms. The predicted molar refractivity (Wildman–Crippen MR) is 96.3 cm³/mol. The molecule has 0 fully saturated rings. The third-order valence-electron chi connectivity index (χ3n) is 3.51. The molecule has 0 radical (unpaired) electrons. The maximum Gasteiger partial charge on any atom is 0.251 e. The Kier molecular flexibility index (Phi) is 7.12. The van der Waals surface area contributed by atoms with Crippen molar-refractivity contribution in [1.29, 1.82) is 0 Å². The molecule has 0 aliphatic rings. The summed E-state index contributed by atoms with van der Waals surface area (Å²) in [6.45, 7) is 3.83. The summed E-state index contributed by atoms with van der Waals surface area (Å²) in [7, 11) is -4.03. The van der Waals surface area contributed by atoms with E-state index in [0.29, 0.717) is 5.56 Å². The van der Waals surface area contributed by atoms with E-state index in [9.17, 15) is 21.6 Å². The van der Waals surface area contributed by atoms with Crippen LogP contribution in [0.15, 0.2) is 29.2 Å². The van der Waals surface area contributed by atoms with Crippen LogP contribution in [0.1, 0.15) is 24.2 Å². The van der Waals surface area contributed by atoms with Crippen LogP contribution in [0.25, 0.3) is 0 Å². The lowest BCUT2D eigenvalue weighted by molar-refractivity contribution is 0.0950. The van der Waals surface area contributed by atoms with Crippen molar-refractivity contribution in [2.75, 3.05) is 33.4 Å². The Bertz CT molecular complexity index is 800. The number of carbonyl (C=O) groups is 1. The van der Waals surface area contributed by atoms with Crippen LogP contribution in [0.2, 0.25) is 0 Å². The van der Waals surface area contributed by atoms with Crippen molar-refractivity contribution in [1.82, 2.24) is 13.9 Å². The van der Waals surface area contributed by atoms with Gasteiger partial charge in [0.1, 0.15) is 0 Å². The van der Waals surface area contributed by atoms with Crippen LogP contribution in [0.4, 0.5) is 0 Å². The second-order valence-corrected chi connectivity index (χ2v) is 10.1. The minimum Gasteiger partial charge on any atom is -0.351 e. The molecule has 0 saturated heterocycles. The molecule has 0 aliphatic heterocycles. The molecule has 0 heterocycles. The molecule has 1 aromatic carbocycles. The van der Waals surface area contributed by atoms with Crippen molar-refractivity contribution in [2.45, 2.75) is 24.8 Å². The largest absolute Gasteiger partial charge is 0.351 e. The van der Waals surface area contributed by atoms with Crippen molar-refractivity contribution in [2.24, 2.45) is 0 Å². The fourth-order valence-electron chi connectivity index (χ4n) is 2.18. The van der Waals surface area contributed by atoms with Crippen LogP contribution in [0.5, 0.6) is 0 Å². The van der Waals surface area contributed by atoms with Crippen LogP contribution >= 0.6 is 0 Å². The van der Waals surface area contributed by atoms with Crippen LogP contribution in [0, 0.1) is 0 Å². The number of rotatable bonds is 8. The van der Waals surface area contributed by atoms with Gasteiger partial charge in [0, 0.05) is 38.8 Å². The molecule has 1 rings (SSSR count). The molecule has 10 heteroatoms. The van der Waals surface area contributed by atoms with E-state index in [1.54, 1.807) is 13.8 Å². The maximum absolute atomic E-state index is 12.1. The number of sulfonamides is 2. The van der Waals surface area contributed by atoms with Gasteiger partial charge in [0.05, 0.1) is 11.2 Å². The number of hydrogen-bond acceptors (Lipinski definition) is 5. The highest BCUT2D eigenvalue weighted by Crippen LogP contribution is 2.14. The number of amides is 1. The molecule has 0 bridgehead atoms. The van der Waals surface area contributed by atoms with Gasteiger partial charge in [-0.3, -0.25) is 4.79 Å². The summed E-state index contributed by atoms with van der Waals surface area (Å²) < 4.78 is 49.7. The molecule has 0 spiro atoms. The van der Waals surface area contributed by atoms with Gasteiger partial charge in [-0.1, -0.05) is 0 Å². The fraction of sp³-hybridized carbons (Fsp3) is 0.533. The Balaban J connectivity index is 2.73. The lowest BCUT2D eigenvalue weighted by Gasteiger charge is -2.23. The van der Waals surface area contributed by atoms with Gasteiger partial charge >= 0.3 is 0 Å². The number of benzene rings is 1. The first-order chi connectivity index (χ1) is 11.4. The first kappa shape index (κ1) is 21.6. The number of nitrogens with zero attached hydrogens (tertiary/aromatic N) is 2. The Morgan fingerprint density at radius 2 is 1.60 bits per heavy atom. The summed E-state index contributed by atoms with van der Waals surface area (Å²) in [5.41, 5.74) is 0.299. The molecule has 1 amide bonds. The Labute approximate surface area is 149 Å². The molecule has 0 saturated carbocycles. The van der Waals surface area contributed by atoms with Gasteiger partial charge in [-0.2, -0.15) is 4.31 Å². The molecule has 0 aromatic heterocycles. The second-order valence-electron chi connectivity index (χ2n) is 6.04. The average Bonchev–Trinajstić information content (AvgIpc) is 2.49. The average molecular weight is 392 g/mol. The van der Waals surface area contributed by atoms with Crippen molar-refractivity contribution in [3.8, 4) is 0 Å². The highest BCUT2D eigenvalue weighted by molar-refractivity contribution is 7.89. The van der Waals surface area contributed by atoms with Gasteiger partial charge in [-0.05, 0) is 38.1 Å². The highest BCUT2D eigenvalue weighted by Gasteiger charge is 2.20. The summed E-state index contributed by atoms with van der Waals surface area (Å²) in [4.78, 5) is 12.2. The Hall–Kier alpha value is -1.49. The van der Waals surface area contributed by atoms with E-state index in [2.05, 4.69) is 5.32 Å². The second kappa shape index (κ2) is 8.26. The molecule has 142 valence electrons. The van der Waals surface area contributed by atoms with Crippen molar-refractivity contribution in [3.63, 3.8) is 0 Å². The minimum absolute atomic E-state index is 0.0945. The normalized spacial score (nSPS) is 12.8. The summed E-state index contributed by atoms with van der Waals surface area (Å²) in [6, 6.07) is 5.36. The fourth-order valence-corrected chi connectivity index (χ4v) is 4.27. The molecular formula is C15H25N3O5S2. The van der Waals surface area contributed by atoms with Gasteiger partial charge in [0.25, 0.3) is 5.91 Å². The molecule has 1 aromatic rings. The summed E-state index contributed by atoms with van der Waals surface area (Å²) in [5, 5.41) is 2.63. The molecular weight excluding hydrogens is 366 g/mol. The van der Waals surface area contributed by atoms with E-state index < -0.39 is 26.0 Å². The first-order valence-electron chi connectivity index (χ1n) is 7.65. The number of nitrogens with one attached hydrogen (secondary N) is 1. The molecule has 0 aliphatic carbocycles. The van der Waals surface area contributed by atoms with Gasteiger partial charge in [-0.15, -0.1) is 0 Å². The molecule has 0 unspecified atom stereocenters. The van der Waals surface area contributed by atoms with Gasteiger partial charge in [-0.25, -0.2) is 21.1 Å². The zero-order valence-electron chi connectivity index (χ0n) is 15.1. The Morgan fingerprint density at radius 1 is 1.08 bits per heavy atom. The lowest BCUT2D eigenvalue weighted by atomic mass is 10.2. The monoisotopic (exact) mass is 391 g/mol. The molecule has 0 atom stereocenters. The zero-order valence-corrected chi connectivity index (χ0v) is 16.7. The van der Waals surface area contributed by atoms with E-state index in [1.807, 2.05) is 0 Å². The van der Waals surface area contributed by atoms with Gasteiger partial charge < -0.3 is 5.32 Å².